The number of rotatable bonds is 9. The van der Waals surface area contributed by atoms with Crippen LogP contribution in [0.3, 0.4) is 0 Å². The third-order valence-electron chi connectivity index (χ3n) is 3.73. The molecule has 24 heavy (non-hydrogen) atoms. The van der Waals surface area contributed by atoms with Crippen molar-refractivity contribution in [1.29, 1.82) is 0 Å². The Morgan fingerprint density at radius 2 is 1.67 bits per heavy atom. The van der Waals surface area contributed by atoms with Crippen molar-refractivity contribution in [3.63, 3.8) is 0 Å². The molecule has 0 radical (unpaired) electrons. The zero-order chi connectivity index (χ0) is 17.9. The predicted molar refractivity (Wildman–Crippen MR) is 90.3 cm³/mol. The third-order valence-corrected chi connectivity index (χ3v) is 3.73. The fourth-order valence-corrected chi connectivity index (χ4v) is 2.18. The van der Waals surface area contributed by atoms with Gasteiger partial charge in [0.05, 0.1) is 6.54 Å². The van der Waals surface area contributed by atoms with Crippen LogP contribution in [-0.2, 0) is 16.1 Å². The van der Waals surface area contributed by atoms with E-state index < -0.39 is 18.0 Å². The highest BCUT2D eigenvalue weighted by molar-refractivity contribution is 5.85. The van der Waals surface area contributed by atoms with Gasteiger partial charge >= 0.3 is 12.0 Å². The maximum absolute atomic E-state index is 12.0. The molecule has 0 fully saturated rings. The summed E-state index contributed by atoms with van der Waals surface area (Å²) in [5, 5.41) is 16.8. The van der Waals surface area contributed by atoms with Crippen LogP contribution >= 0.6 is 0 Å². The maximum Gasteiger partial charge on any atom is 0.328 e. The van der Waals surface area contributed by atoms with Gasteiger partial charge in [0.15, 0.2) is 0 Å². The predicted octanol–water partition coefficient (Wildman–Crippen LogP) is 1.49. The molecule has 0 saturated carbocycles. The molecule has 0 heterocycles. The lowest BCUT2D eigenvalue weighted by Crippen LogP contribution is -2.51. The van der Waals surface area contributed by atoms with Crippen LogP contribution in [0.4, 0.5) is 4.79 Å². The van der Waals surface area contributed by atoms with Gasteiger partial charge in [-0.2, -0.15) is 0 Å². The molecule has 4 N–H and O–H groups in total. The van der Waals surface area contributed by atoms with Crippen LogP contribution in [0, 0.1) is 5.92 Å². The number of benzene rings is 1. The van der Waals surface area contributed by atoms with E-state index in [-0.39, 0.29) is 18.4 Å². The van der Waals surface area contributed by atoms with Crippen molar-refractivity contribution in [3.05, 3.63) is 35.9 Å². The summed E-state index contributed by atoms with van der Waals surface area (Å²) in [6, 6.07) is 7.71. The van der Waals surface area contributed by atoms with Gasteiger partial charge in [0.1, 0.15) is 6.04 Å². The Morgan fingerprint density at radius 1 is 1.04 bits per heavy atom. The number of aliphatic carboxylic acids is 1. The van der Waals surface area contributed by atoms with Gasteiger partial charge in [0.25, 0.3) is 0 Å². The molecule has 1 aromatic rings. The molecule has 0 aliphatic carbocycles. The van der Waals surface area contributed by atoms with E-state index in [0.717, 1.165) is 5.56 Å². The molecule has 1 aromatic carbocycles. The van der Waals surface area contributed by atoms with Gasteiger partial charge in [0.2, 0.25) is 5.91 Å². The number of carboxylic acids is 1. The minimum atomic E-state index is -1.18. The Bertz CT molecular complexity index is 544. The van der Waals surface area contributed by atoms with Gasteiger partial charge in [-0.05, 0) is 18.4 Å². The number of carbonyl (C=O) groups is 3. The molecule has 7 heteroatoms. The van der Waals surface area contributed by atoms with E-state index in [9.17, 15) is 19.5 Å². The van der Waals surface area contributed by atoms with Crippen molar-refractivity contribution in [2.45, 2.75) is 39.3 Å². The Morgan fingerprint density at radius 3 is 2.21 bits per heavy atom. The summed E-state index contributed by atoms with van der Waals surface area (Å²) in [5.74, 6) is -1.71. The first-order valence-corrected chi connectivity index (χ1v) is 8.06. The molecule has 7 nitrogen and oxygen atoms in total. The van der Waals surface area contributed by atoms with Crippen LogP contribution in [-0.4, -0.2) is 35.6 Å². The largest absolute Gasteiger partial charge is 0.480 e. The maximum atomic E-state index is 12.0. The lowest BCUT2D eigenvalue weighted by molar-refractivity contribution is -0.142. The van der Waals surface area contributed by atoms with E-state index in [2.05, 4.69) is 16.0 Å². The van der Waals surface area contributed by atoms with E-state index in [0.29, 0.717) is 19.4 Å². The van der Waals surface area contributed by atoms with Gasteiger partial charge < -0.3 is 21.1 Å². The number of hydrogen-bond donors (Lipinski definition) is 4. The Balaban J connectivity index is 2.44. The number of hydrogen-bond acceptors (Lipinski definition) is 3. The summed E-state index contributed by atoms with van der Waals surface area (Å²) in [5.41, 5.74) is 0.935. The quantitative estimate of drug-likeness (QED) is 0.548. The monoisotopic (exact) mass is 335 g/mol. The second kappa shape index (κ2) is 10.3. The summed E-state index contributed by atoms with van der Waals surface area (Å²) in [6.45, 7) is 3.91. The fraction of sp³-hybridized carbons (Fsp3) is 0.471. The lowest BCUT2D eigenvalue weighted by Gasteiger charge is -2.19. The van der Waals surface area contributed by atoms with E-state index in [1.54, 1.807) is 0 Å². The molecular weight excluding hydrogens is 310 g/mol. The minimum Gasteiger partial charge on any atom is -0.480 e. The van der Waals surface area contributed by atoms with Gasteiger partial charge in [0, 0.05) is 12.5 Å². The van der Waals surface area contributed by atoms with E-state index in [1.165, 1.54) is 0 Å². The number of carboxylic acid groups (broad SMARTS) is 1. The number of carbonyl (C=O) groups excluding carboxylic acids is 2. The second-order valence-corrected chi connectivity index (χ2v) is 5.46. The molecule has 0 aromatic heterocycles. The Hall–Kier alpha value is -2.57. The topological polar surface area (TPSA) is 108 Å². The summed E-state index contributed by atoms with van der Waals surface area (Å²) >= 11 is 0. The first-order valence-electron chi connectivity index (χ1n) is 8.06. The van der Waals surface area contributed by atoms with Gasteiger partial charge in [-0.25, -0.2) is 9.59 Å². The van der Waals surface area contributed by atoms with Crippen molar-refractivity contribution >= 4 is 17.9 Å². The molecule has 0 spiro atoms. The third kappa shape index (κ3) is 6.68. The zero-order valence-electron chi connectivity index (χ0n) is 14.0. The second-order valence-electron chi connectivity index (χ2n) is 5.46. The molecular formula is C17H25N3O4. The van der Waals surface area contributed by atoms with E-state index >= 15 is 0 Å². The lowest BCUT2D eigenvalue weighted by atomic mass is 10.0. The first-order chi connectivity index (χ1) is 11.5. The summed E-state index contributed by atoms with van der Waals surface area (Å²) in [6.07, 6.45) is 1.28. The molecule has 1 atom stereocenters. The average molecular weight is 335 g/mol. The van der Waals surface area contributed by atoms with Crippen molar-refractivity contribution < 1.29 is 19.5 Å². The normalized spacial score (nSPS) is 11.6. The summed E-state index contributed by atoms with van der Waals surface area (Å²) in [4.78, 5) is 35.0. The van der Waals surface area contributed by atoms with Crippen molar-refractivity contribution in [2.75, 3.05) is 6.54 Å². The molecule has 0 saturated heterocycles. The molecule has 0 aliphatic heterocycles. The number of nitrogens with one attached hydrogen (secondary N) is 3. The van der Waals surface area contributed by atoms with E-state index in [1.807, 2.05) is 44.2 Å². The van der Waals surface area contributed by atoms with Gasteiger partial charge in [-0.15, -0.1) is 0 Å². The Labute approximate surface area is 141 Å². The molecule has 0 bridgehead atoms. The summed E-state index contributed by atoms with van der Waals surface area (Å²) < 4.78 is 0. The molecule has 1 unspecified atom stereocenters. The van der Waals surface area contributed by atoms with Crippen LogP contribution in [0.25, 0.3) is 0 Å². The summed E-state index contributed by atoms with van der Waals surface area (Å²) in [7, 11) is 0. The van der Waals surface area contributed by atoms with Gasteiger partial charge in [-0.1, -0.05) is 44.2 Å². The van der Waals surface area contributed by atoms with Crippen LogP contribution in [0.15, 0.2) is 30.3 Å². The average Bonchev–Trinajstić information content (AvgIpc) is 2.58. The highest BCUT2D eigenvalue weighted by Gasteiger charge is 2.23. The van der Waals surface area contributed by atoms with Crippen LogP contribution in [0.5, 0.6) is 0 Å². The van der Waals surface area contributed by atoms with Crippen LogP contribution in [0.1, 0.15) is 32.3 Å². The van der Waals surface area contributed by atoms with Gasteiger partial charge in [-0.3, -0.25) is 4.79 Å². The van der Waals surface area contributed by atoms with Crippen molar-refractivity contribution in [1.82, 2.24) is 16.0 Å². The van der Waals surface area contributed by atoms with Crippen LogP contribution < -0.4 is 16.0 Å². The SMILES string of the molecule is CCC(CC)C(=O)NC(CNC(=O)NCc1ccccc1)C(=O)O. The zero-order valence-corrected chi connectivity index (χ0v) is 14.0. The molecule has 1 rings (SSSR count). The van der Waals surface area contributed by atoms with E-state index in [4.69, 9.17) is 0 Å². The first kappa shape index (κ1) is 19.5. The smallest absolute Gasteiger partial charge is 0.328 e. The highest BCUT2D eigenvalue weighted by Crippen LogP contribution is 2.07. The van der Waals surface area contributed by atoms with Crippen LogP contribution in [0.2, 0.25) is 0 Å². The molecule has 3 amide bonds. The molecule has 132 valence electrons. The standard InChI is InChI=1S/C17H25N3O4/c1-3-13(4-2)15(21)20-14(16(22)23)11-19-17(24)18-10-12-8-6-5-7-9-12/h5-9,13-14H,3-4,10-11H2,1-2H3,(H,20,21)(H,22,23)(H2,18,19,24). The highest BCUT2D eigenvalue weighted by atomic mass is 16.4. The number of urea groups is 1. The minimum absolute atomic E-state index is 0.179. The molecule has 0 aliphatic rings. The number of amides is 3. The fourth-order valence-electron chi connectivity index (χ4n) is 2.18. The van der Waals surface area contributed by atoms with Crippen molar-refractivity contribution in [3.8, 4) is 0 Å². The van der Waals surface area contributed by atoms with Crippen molar-refractivity contribution in [2.24, 2.45) is 5.92 Å². The Kier molecular flexibility index (Phi) is 8.32.